The standard InChI is InChI=1S/C18H23N3O3/c1-2-16(19)18(23)21-9-6-13(7-10-21)24-14-3-4-15-12(11-14)5-8-20-17(15)22/h3-5,8,11,13,16H,2,6-7,9-10,19H2,1H3,(H,20,22). The Labute approximate surface area is 140 Å². The van der Waals surface area contributed by atoms with Gasteiger partial charge in [-0.1, -0.05) is 6.92 Å². The maximum absolute atomic E-state index is 12.1. The quantitative estimate of drug-likeness (QED) is 0.892. The number of benzene rings is 1. The third-order valence-corrected chi connectivity index (χ3v) is 4.56. The molecular formula is C18H23N3O3. The van der Waals surface area contributed by atoms with Crippen molar-refractivity contribution >= 4 is 16.7 Å². The number of piperidine rings is 1. The van der Waals surface area contributed by atoms with Crippen LogP contribution < -0.4 is 16.0 Å². The third-order valence-electron chi connectivity index (χ3n) is 4.56. The number of nitrogens with one attached hydrogen (secondary N) is 1. The van der Waals surface area contributed by atoms with Gasteiger partial charge in [-0.3, -0.25) is 9.59 Å². The van der Waals surface area contributed by atoms with Crippen molar-refractivity contribution < 1.29 is 9.53 Å². The van der Waals surface area contributed by atoms with E-state index in [2.05, 4.69) is 4.98 Å². The van der Waals surface area contributed by atoms with E-state index >= 15 is 0 Å². The van der Waals surface area contributed by atoms with Crippen molar-refractivity contribution in [2.24, 2.45) is 5.73 Å². The van der Waals surface area contributed by atoms with E-state index in [4.69, 9.17) is 10.5 Å². The van der Waals surface area contributed by atoms with E-state index in [1.165, 1.54) is 0 Å². The zero-order valence-corrected chi connectivity index (χ0v) is 13.8. The Bertz CT molecular complexity index is 778. The number of fused-ring (bicyclic) bond motifs is 1. The van der Waals surface area contributed by atoms with Crippen LogP contribution in [0.2, 0.25) is 0 Å². The number of nitrogens with two attached hydrogens (primary N) is 1. The minimum Gasteiger partial charge on any atom is -0.490 e. The number of carbonyl (C=O) groups excluding carboxylic acids is 1. The molecule has 6 nitrogen and oxygen atoms in total. The van der Waals surface area contributed by atoms with Crippen molar-refractivity contribution in [2.45, 2.75) is 38.3 Å². The van der Waals surface area contributed by atoms with E-state index in [0.717, 1.165) is 24.0 Å². The van der Waals surface area contributed by atoms with Gasteiger partial charge in [-0.25, -0.2) is 0 Å². The van der Waals surface area contributed by atoms with Gasteiger partial charge in [-0.15, -0.1) is 0 Å². The van der Waals surface area contributed by atoms with Crippen LogP contribution in [0, 0.1) is 0 Å². The van der Waals surface area contributed by atoms with Crippen LogP contribution in [0.1, 0.15) is 26.2 Å². The summed E-state index contributed by atoms with van der Waals surface area (Å²) in [6, 6.07) is 6.94. The predicted octanol–water partition coefficient (Wildman–Crippen LogP) is 1.64. The SMILES string of the molecule is CCC(N)C(=O)N1CCC(Oc2ccc3c(=O)[nH]ccc3c2)CC1. The molecule has 0 spiro atoms. The Hall–Kier alpha value is -2.34. The van der Waals surface area contributed by atoms with Crippen molar-refractivity contribution in [3.05, 3.63) is 40.8 Å². The molecule has 0 saturated carbocycles. The molecule has 1 aliphatic rings. The third kappa shape index (κ3) is 3.43. The van der Waals surface area contributed by atoms with Gasteiger partial charge in [0.2, 0.25) is 5.91 Å². The van der Waals surface area contributed by atoms with Crippen LogP contribution in [-0.2, 0) is 4.79 Å². The Morgan fingerprint density at radius 2 is 2.12 bits per heavy atom. The Morgan fingerprint density at radius 3 is 2.83 bits per heavy atom. The van der Waals surface area contributed by atoms with Gasteiger partial charge in [0, 0.05) is 37.5 Å². The molecule has 1 unspecified atom stereocenters. The van der Waals surface area contributed by atoms with E-state index in [0.29, 0.717) is 24.9 Å². The molecule has 128 valence electrons. The van der Waals surface area contributed by atoms with Gasteiger partial charge in [0.25, 0.3) is 5.56 Å². The summed E-state index contributed by atoms with van der Waals surface area (Å²) in [7, 11) is 0. The Morgan fingerprint density at radius 1 is 1.38 bits per heavy atom. The van der Waals surface area contributed by atoms with Crippen molar-refractivity contribution in [2.75, 3.05) is 13.1 Å². The lowest BCUT2D eigenvalue weighted by atomic mass is 10.1. The van der Waals surface area contributed by atoms with Gasteiger partial charge in [-0.05, 0) is 36.1 Å². The summed E-state index contributed by atoms with van der Waals surface area (Å²) in [5, 5.41) is 1.51. The molecule has 3 rings (SSSR count). The van der Waals surface area contributed by atoms with Crippen molar-refractivity contribution in [3.63, 3.8) is 0 Å². The fraction of sp³-hybridized carbons (Fsp3) is 0.444. The topological polar surface area (TPSA) is 88.4 Å². The number of ether oxygens (including phenoxy) is 1. The number of likely N-dealkylation sites (tertiary alicyclic amines) is 1. The fourth-order valence-electron chi connectivity index (χ4n) is 3.04. The van der Waals surface area contributed by atoms with E-state index in [1.807, 2.05) is 30.0 Å². The lowest BCUT2D eigenvalue weighted by molar-refractivity contribution is -0.134. The number of amides is 1. The zero-order valence-electron chi connectivity index (χ0n) is 13.8. The summed E-state index contributed by atoms with van der Waals surface area (Å²) in [6.07, 6.45) is 3.94. The van der Waals surface area contributed by atoms with E-state index < -0.39 is 6.04 Å². The van der Waals surface area contributed by atoms with Crippen molar-refractivity contribution in [1.29, 1.82) is 0 Å². The number of pyridine rings is 1. The molecule has 1 fully saturated rings. The van der Waals surface area contributed by atoms with Crippen LogP contribution >= 0.6 is 0 Å². The highest BCUT2D eigenvalue weighted by molar-refractivity contribution is 5.83. The molecule has 3 N–H and O–H groups in total. The maximum Gasteiger partial charge on any atom is 0.255 e. The maximum atomic E-state index is 12.1. The summed E-state index contributed by atoms with van der Waals surface area (Å²) < 4.78 is 6.04. The van der Waals surface area contributed by atoms with Crippen molar-refractivity contribution in [1.82, 2.24) is 9.88 Å². The molecule has 1 saturated heterocycles. The van der Waals surface area contributed by atoms with Crippen LogP contribution in [0.3, 0.4) is 0 Å². The van der Waals surface area contributed by atoms with Crippen LogP contribution in [0.5, 0.6) is 5.75 Å². The van der Waals surface area contributed by atoms with Crippen LogP contribution in [0.4, 0.5) is 0 Å². The van der Waals surface area contributed by atoms with Gasteiger partial charge in [0.15, 0.2) is 0 Å². The summed E-state index contributed by atoms with van der Waals surface area (Å²) in [4.78, 5) is 28.3. The Balaban J connectivity index is 1.62. The summed E-state index contributed by atoms with van der Waals surface area (Å²) in [5.74, 6) is 0.781. The molecule has 2 heterocycles. The molecule has 0 aliphatic carbocycles. The lowest BCUT2D eigenvalue weighted by Crippen LogP contribution is -2.48. The molecule has 1 aromatic heterocycles. The number of aromatic amines is 1. The van der Waals surface area contributed by atoms with E-state index in [9.17, 15) is 9.59 Å². The van der Waals surface area contributed by atoms with Crippen LogP contribution in [0.15, 0.2) is 35.3 Å². The molecule has 2 aromatic rings. The number of H-pyrrole nitrogens is 1. The molecule has 6 heteroatoms. The van der Waals surface area contributed by atoms with Gasteiger partial charge in [-0.2, -0.15) is 0 Å². The van der Waals surface area contributed by atoms with Gasteiger partial charge in [0.05, 0.1) is 6.04 Å². The first kappa shape index (κ1) is 16.5. The van der Waals surface area contributed by atoms with E-state index in [1.54, 1.807) is 12.3 Å². The smallest absolute Gasteiger partial charge is 0.255 e. The fourth-order valence-corrected chi connectivity index (χ4v) is 3.04. The number of nitrogens with zero attached hydrogens (tertiary/aromatic N) is 1. The summed E-state index contributed by atoms with van der Waals surface area (Å²) in [6.45, 7) is 3.26. The predicted molar refractivity (Wildman–Crippen MR) is 93.1 cm³/mol. The molecule has 0 radical (unpaired) electrons. The average Bonchev–Trinajstić information content (AvgIpc) is 2.61. The number of hydrogen-bond donors (Lipinski definition) is 2. The highest BCUT2D eigenvalue weighted by atomic mass is 16.5. The Kier molecular flexibility index (Phi) is 4.85. The largest absolute Gasteiger partial charge is 0.490 e. The lowest BCUT2D eigenvalue weighted by Gasteiger charge is -2.33. The number of hydrogen-bond acceptors (Lipinski definition) is 4. The second-order valence-corrected chi connectivity index (χ2v) is 6.21. The first-order chi connectivity index (χ1) is 11.6. The first-order valence-electron chi connectivity index (χ1n) is 8.41. The molecule has 1 atom stereocenters. The molecular weight excluding hydrogens is 306 g/mol. The normalized spacial score (nSPS) is 17.0. The highest BCUT2D eigenvalue weighted by Gasteiger charge is 2.26. The van der Waals surface area contributed by atoms with E-state index in [-0.39, 0.29) is 17.6 Å². The summed E-state index contributed by atoms with van der Waals surface area (Å²) in [5.41, 5.74) is 5.72. The molecule has 0 bridgehead atoms. The van der Waals surface area contributed by atoms with Gasteiger partial charge >= 0.3 is 0 Å². The second-order valence-electron chi connectivity index (χ2n) is 6.21. The van der Waals surface area contributed by atoms with Crippen LogP contribution in [0.25, 0.3) is 10.8 Å². The average molecular weight is 329 g/mol. The highest BCUT2D eigenvalue weighted by Crippen LogP contribution is 2.22. The zero-order chi connectivity index (χ0) is 17.1. The number of aromatic nitrogens is 1. The minimum atomic E-state index is -0.402. The summed E-state index contributed by atoms with van der Waals surface area (Å²) >= 11 is 0. The van der Waals surface area contributed by atoms with Gasteiger partial charge < -0.3 is 20.4 Å². The van der Waals surface area contributed by atoms with Crippen molar-refractivity contribution in [3.8, 4) is 5.75 Å². The molecule has 1 aromatic carbocycles. The molecule has 1 aliphatic heterocycles. The molecule has 24 heavy (non-hydrogen) atoms. The minimum absolute atomic E-state index is 0.0286. The first-order valence-corrected chi connectivity index (χ1v) is 8.41. The monoisotopic (exact) mass is 329 g/mol. The second kappa shape index (κ2) is 7.05. The van der Waals surface area contributed by atoms with Gasteiger partial charge in [0.1, 0.15) is 11.9 Å². The number of rotatable bonds is 4. The number of carbonyl (C=O) groups is 1. The molecule has 1 amide bonds. The van der Waals surface area contributed by atoms with Crippen LogP contribution in [-0.4, -0.2) is 41.0 Å².